The lowest BCUT2D eigenvalue weighted by molar-refractivity contribution is -0.387. The maximum Gasteiger partial charge on any atom is 0.305 e. The predicted octanol–water partition coefficient (Wildman–Crippen LogP) is 1.48. The molecule has 21 heavy (non-hydrogen) atoms. The first-order valence-corrected chi connectivity index (χ1v) is 6.63. The van der Waals surface area contributed by atoms with Gasteiger partial charge >= 0.3 is 5.69 Å². The molecule has 1 aliphatic rings. The lowest BCUT2D eigenvalue weighted by Gasteiger charge is -2.35. The molecule has 2 rings (SSSR count). The number of hydrogen-bond acceptors (Lipinski definition) is 5. The Hall–Kier alpha value is -1.28. The van der Waals surface area contributed by atoms with E-state index < -0.39 is 16.4 Å². The molecule has 0 saturated carbocycles. The molecule has 1 atom stereocenters. The Balaban J connectivity index is 0.00000220. The average Bonchev–Trinajstić information content (AvgIpc) is 2.46. The van der Waals surface area contributed by atoms with Crippen LogP contribution in [0.4, 0.5) is 10.1 Å². The summed E-state index contributed by atoms with van der Waals surface area (Å²) in [5.74, 6) is -0.832. The molecule has 1 saturated heterocycles. The second-order valence-electron chi connectivity index (χ2n) is 4.78. The zero-order valence-electron chi connectivity index (χ0n) is 11.5. The Labute approximate surface area is 128 Å². The maximum atomic E-state index is 13.4. The molecule has 0 radical (unpaired) electrons. The van der Waals surface area contributed by atoms with Crippen LogP contribution in [0, 0.1) is 15.9 Å². The Kier molecular flexibility index (Phi) is 6.97. The summed E-state index contributed by atoms with van der Waals surface area (Å²) in [6.07, 6.45) is 0.475. The molecule has 8 heteroatoms. The highest BCUT2D eigenvalue weighted by atomic mass is 35.5. The quantitative estimate of drug-likeness (QED) is 0.635. The van der Waals surface area contributed by atoms with Gasteiger partial charge in [-0.15, -0.1) is 12.4 Å². The van der Waals surface area contributed by atoms with Gasteiger partial charge in [0.25, 0.3) is 0 Å². The topological polar surface area (TPSA) is 78.6 Å². The van der Waals surface area contributed by atoms with E-state index in [4.69, 9.17) is 0 Å². The number of piperazine rings is 1. The summed E-state index contributed by atoms with van der Waals surface area (Å²) < 4.78 is 13.4. The van der Waals surface area contributed by atoms with E-state index in [1.807, 2.05) is 0 Å². The van der Waals surface area contributed by atoms with Crippen molar-refractivity contribution in [1.29, 1.82) is 0 Å². The first kappa shape index (κ1) is 17.8. The van der Waals surface area contributed by atoms with E-state index >= 15 is 0 Å². The number of halogens is 2. The van der Waals surface area contributed by atoms with Crippen molar-refractivity contribution in [2.75, 3.05) is 32.8 Å². The van der Waals surface area contributed by atoms with Gasteiger partial charge in [-0.1, -0.05) is 6.07 Å². The van der Waals surface area contributed by atoms with Gasteiger partial charge in [-0.25, -0.2) is 0 Å². The third-order valence-electron chi connectivity index (χ3n) is 3.55. The van der Waals surface area contributed by atoms with Gasteiger partial charge in [-0.05, 0) is 18.1 Å². The van der Waals surface area contributed by atoms with Crippen molar-refractivity contribution in [2.45, 2.75) is 12.5 Å². The number of nitro benzene ring substituents is 1. The van der Waals surface area contributed by atoms with Crippen LogP contribution in [0.2, 0.25) is 0 Å². The van der Waals surface area contributed by atoms with Gasteiger partial charge in [0.1, 0.15) is 0 Å². The summed E-state index contributed by atoms with van der Waals surface area (Å²) in [5, 5.41) is 23.3. The summed E-state index contributed by atoms with van der Waals surface area (Å²) in [5.41, 5.74) is 0.162. The third kappa shape index (κ3) is 4.34. The van der Waals surface area contributed by atoms with Crippen molar-refractivity contribution in [1.82, 2.24) is 10.2 Å². The Morgan fingerprint density at radius 3 is 2.67 bits per heavy atom. The summed E-state index contributed by atoms with van der Waals surface area (Å²) >= 11 is 0. The molecule has 0 unspecified atom stereocenters. The summed E-state index contributed by atoms with van der Waals surface area (Å²) in [4.78, 5) is 12.3. The van der Waals surface area contributed by atoms with Gasteiger partial charge < -0.3 is 10.4 Å². The molecule has 2 N–H and O–H groups in total. The number of aliphatic hydroxyl groups is 1. The molecule has 0 amide bonds. The SMILES string of the molecule is Cl.O=[N+]([O-])c1cc([C@H](CCO)N2CCNCC2)ccc1F. The number of hydrogen-bond donors (Lipinski definition) is 2. The standard InChI is InChI=1S/C13H18FN3O3.ClH/c14-11-2-1-10(9-13(11)17(19)20)12(3-8-18)16-6-4-15-5-7-16;/h1-2,9,12,15,18H,3-8H2;1H/t12-;/m0./s1. The normalized spacial score (nSPS) is 17.0. The highest BCUT2D eigenvalue weighted by molar-refractivity contribution is 5.85. The largest absolute Gasteiger partial charge is 0.396 e. The molecule has 1 fully saturated rings. The number of nitrogens with one attached hydrogen (secondary N) is 1. The van der Waals surface area contributed by atoms with Crippen molar-refractivity contribution < 1.29 is 14.4 Å². The van der Waals surface area contributed by atoms with Gasteiger partial charge in [-0.2, -0.15) is 4.39 Å². The fraction of sp³-hybridized carbons (Fsp3) is 0.538. The van der Waals surface area contributed by atoms with Crippen LogP contribution < -0.4 is 5.32 Å². The van der Waals surface area contributed by atoms with Crippen LogP contribution in [0.3, 0.4) is 0 Å². The van der Waals surface area contributed by atoms with Crippen molar-refractivity contribution in [3.63, 3.8) is 0 Å². The van der Waals surface area contributed by atoms with E-state index in [1.54, 1.807) is 6.07 Å². The lowest BCUT2D eigenvalue weighted by atomic mass is 10.0. The zero-order valence-corrected chi connectivity index (χ0v) is 12.3. The Morgan fingerprint density at radius 2 is 2.10 bits per heavy atom. The van der Waals surface area contributed by atoms with Crippen LogP contribution in [0.25, 0.3) is 0 Å². The summed E-state index contributed by atoms with van der Waals surface area (Å²) in [7, 11) is 0. The zero-order chi connectivity index (χ0) is 14.5. The lowest BCUT2D eigenvalue weighted by Crippen LogP contribution is -2.45. The molecule has 1 heterocycles. The van der Waals surface area contributed by atoms with Crippen LogP contribution in [-0.4, -0.2) is 47.7 Å². The minimum absolute atomic E-state index is 0. The molecule has 0 aromatic heterocycles. The molecule has 0 bridgehead atoms. The minimum atomic E-state index is -0.832. The van der Waals surface area contributed by atoms with Gasteiger partial charge in [0.05, 0.1) is 4.92 Å². The molecule has 118 valence electrons. The number of aliphatic hydroxyl groups excluding tert-OH is 1. The number of nitro groups is 1. The van der Waals surface area contributed by atoms with Crippen LogP contribution in [-0.2, 0) is 0 Å². The van der Waals surface area contributed by atoms with Gasteiger partial charge in [0, 0.05) is 44.9 Å². The Morgan fingerprint density at radius 1 is 1.43 bits per heavy atom. The molecular weight excluding hydrogens is 301 g/mol. The predicted molar refractivity (Wildman–Crippen MR) is 79.2 cm³/mol. The second kappa shape index (κ2) is 8.23. The number of benzene rings is 1. The average molecular weight is 320 g/mol. The minimum Gasteiger partial charge on any atom is -0.396 e. The summed E-state index contributed by atoms with van der Waals surface area (Å²) in [6.45, 7) is 3.27. The van der Waals surface area contributed by atoms with Crippen molar-refractivity contribution in [3.05, 3.63) is 39.7 Å². The third-order valence-corrected chi connectivity index (χ3v) is 3.55. The van der Waals surface area contributed by atoms with E-state index in [0.717, 1.165) is 32.2 Å². The molecule has 0 spiro atoms. The van der Waals surface area contributed by atoms with E-state index in [9.17, 15) is 19.6 Å². The molecule has 1 aliphatic heterocycles. The van der Waals surface area contributed by atoms with Crippen molar-refractivity contribution in [3.8, 4) is 0 Å². The van der Waals surface area contributed by atoms with Crippen LogP contribution in [0.1, 0.15) is 18.0 Å². The fourth-order valence-electron chi connectivity index (χ4n) is 2.55. The highest BCUT2D eigenvalue weighted by Crippen LogP contribution is 2.28. The molecular formula is C13H19ClFN3O3. The number of rotatable bonds is 5. The van der Waals surface area contributed by atoms with E-state index in [-0.39, 0.29) is 25.1 Å². The second-order valence-corrected chi connectivity index (χ2v) is 4.78. The molecule has 0 aliphatic carbocycles. The molecule has 1 aromatic rings. The van der Waals surface area contributed by atoms with E-state index in [2.05, 4.69) is 10.2 Å². The highest BCUT2D eigenvalue weighted by Gasteiger charge is 2.24. The molecule has 1 aromatic carbocycles. The smallest absolute Gasteiger partial charge is 0.305 e. The first-order valence-electron chi connectivity index (χ1n) is 6.63. The van der Waals surface area contributed by atoms with E-state index in [0.29, 0.717) is 12.0 Å². The molecule has 6 nitrogen and oxygen atoms in total. The first-order chi connectivity index (χ1) is 9.63. The van der Waals surface area contributed by atoms with Gasteiger partial charge in [0.2, 0.25) is 5.82 Å². The van der Waals surface area contributed by atoms with Gasteiger partial charge in [0.15, 0.2) is 0 Å². The fourth-order valence-corrected chi connectivity index (χ4v) is 2.55. The van der Waals surface area contributed by atoms with Gasteiger partial charge in [-0.3, -0.25) is 15.0 Å². The van der Waals surface area contributed by atoms with Crippen LogP contribution in [0.5, 0.6) is 0 Å². The monoisotopic (exact) mass is 319 g/mol. The van der Waals surface area contributed by atoms with Crippen LogP contribution >= 0.6 is 12.4 Å². The van der Waals surface area contributed by atoms with Crippen LogP contribution in [0.15, 0.2) is 18.2 Å². The van der Waals surface area contributed by atoms with E-state index in [1.165, 1.54) is 6.07 Å². The Bertz CT molecular complexity index is 484. The van der Waals surface area contributed by atoms with Crippen molar-refractivity contribution >= 4 is 18.1 Å². The maximum absolute atomic E-state index is 13.4. The van der Waals surface area contributed by atoms with Crippen molar-refractivity contribution in [2.24, 2.45) is 0 Å². The summed E-state index contributed by atoms with van der Waals surface area (Å²) in [6, 6.07) is 3.84. The number of nitrogens with zero attached hydrogens (tertiary/aromatic N) is 2.